The van der Waals surface area contributed by atoms with Gasteiger partial charge in [-0.1, -0.05) is 0 Å². The quantitative estimate of drug-likeness (QED) is 0.818. The van der Waals surface area contributed by atoms with Crippen LogP contribution in [0.1, 0.15) is 31.3 Å². The molecule has 140 valence electrons. The Kier molecular flexibility index (Phi) is 5.86. The normalized spacial score (nSPS) is 10.8. The highest BCUT2D eigenvalue weighted by atomic mass is 16.5. The van der Waals surface area contributed by atoms with Gasteiger partial charge in [0.2, 0.25) is 11.7 Å². The maximum Gasteiger partial charge on any atom is 0.270 e. The molecule has 1 amide bonds. The molecular weight excluding hydrogens is 336 g/mol. The summed E-state index contributed by atoms with van der Waals surface area (Å²) in [6.45, 7) is 5.71. The first kappa shape index (κ1) is 19.3. The Morgan fingerprint density at radius 3 is 2.15 bits per heavy atom. The Morgan fingerprint density at radius 1 is 1.04 bits per heavy atom. The number of benzene rings is 1. The van der Waals surface area contributed by atoms with Crippen LogP contribution in [-0.2, 0) is 0 Å². The minimum absolute atomic E-state index is 0.268. The topological polar surface area (TPSA) is 94.6 Å². The number of nitrogens with one attached hydrogen (secondary N) is 2. The number of amides is 1. The molecule has 8 nitrogen and oxygen atoms in total. The highest BCUT2D eigenvalue weighted by Crippen LogP contribution is 2.40. The summed E-state index contributed by atoms with van der Waals surface area (Å²) in [6, 6.07) is 5.01. The van der Waals surface area contributed by atoms with Gasteiger partial charge in [0, 0.05) is 29.6 Å². The fraction of sp³-hybridized carbons (Fsp3) is 0.389. The molecule has 0 saturated heterocycles. The molecule has 0 spiro atoms. The van der Waals surface area contributed by atoms with E-state index in [0.717, 1.165) is 0 Å². The molecule has 0 unspecified atom stereocenters. The summed E-state index contributed by atoms with van der Waals surface area (Å²) in [5, 5.41) is 5.91. The molecule has 0 atom stereocenters. The molecule has 26 heavy (non-hydrogen) atoms. The van der Waals surface area contributed by atoms with Gasteiger partial charge in [-0.3, -0.25) is 4.79 Å². The van der Waals surface area contributed by atoms with Gasteiger partial charge in [0.1, 0.15) is 5.69 Å². The van der Waals surface area contributed by atoms with Crippen molar-refractivity contribution in [3.63, 3.8) is 0 Å². The van der Waals surface area contributed by atoms with Crippen LogP contribution in [0.25, 0.3) is 0 Å². The zero-order valence-corrected chi connectivity index (χ0v) is 15.8. The third kappa shape index (κ3) is 4.75. The number of hydrogen-bond donors (Lipinski definition) is 2. The van der Waals surface area contributed by atoms with Gasteiger partial charge in [-0.05, 0) is 26.8 Å². The average molecular weight is 360 g/mol. The molecule has 2 rings (SSSR count). The minimum atomic E-state index is -0.355. The molecular formula is C18H24N4O4. The van der Waals surface area contributed by atoms with Gasteiger partial charge >= 0.3 is 0 Å². The Hall–Kier alpha value is -3.03. The van der Waals surface area contributed by atoms with Gasteiger partial charge in [-0.2, -0.15) is 0 Å². The molecule has 0 bridgehead atoms. The summed E-state index contributed by atoms with van der Waals surface area (Å²) in [7, 11) is 4.61. The lowest BCUT2D eigenvalue weighted by molar-refractivity contribution is 0.0914. The molecule has 1 heterocycles. The standard InChI is InChI=1S/C18H24N4O4/c1-18(2,3)22-16(23)12-7-8-19-17(21-12)20-11-9-13(24-4)15(26-6)14(10-11)25-5/h7-10H,1-6H3,(H,22,23)(H,19,20,21). The predicted octanol–water partition coefficient (Wildman–Crippen LogP) is 2.77. The van der Waals surface area contributed by atoms with E-state index in [1.807, 2.05) is 20.8 Å². The molecule has 1 aromatic heterocycles. The first-order valence-electron chi connectivity index (χ1n) is 8.00. The van der Waals surface area contributed by atoms with Gasteiger partial charge in [0.05, 0.1) is 21.3 Å². The molecule has 2 N–H and O–H groups in total. The van der Waals surface area contributed by atoms with Crippen molar-refractivity contribution in [1.29, 1.82) is 0 Å². The Balaban J connectivity index is 2.29. The summed E-state index contributed by atoms with van der Waals surface area (Å²) >= 11 is 0. The lowest BCUT2D eigenvalue weighted by atomic mass is 10.1. The SMILES string of the molecule is COc1cc(Nc2nccc(C(=O)NC(C)(C)C)n2)cc(OC)c1OC. The second kappa shape index (κ2) is 7.90. The van der Waals surface area contributed by atoms with Crippen LogP contribution in [0.5, 0.6) is 17.2 Å². The molecule has 0 aliphatic rings. The van der Waals surface area contributed by atoms with Crippen LogP contribution in [0.15, 0.2) is 24.4 Å². The van der Waals surface area contributed by atoms with E-state index in [1.54, 1.807) is 18.2 Å². The lowest BCUT2D eigenvalue weighted by Crippen LogP contribution is -2.41. The number of anilines is 2. The molecule has 0 aliphatic carbocycles. The van der Waals surface area contributed by atoms with E-state index in [4.69, 9.17) is 14.2 Å². The van der Waals surface area contributed by atoms with Crippen LogP contribution in [0.4, 0.5) is 11.6 Å². The first-order chi connectivity index (χ1) is 12.3. The van der Waals surface area contributed by atoms with Crippen LogP contribution in [0.3, 0.4) is 0 Å². The summed E-state index contributed by atoms with van der Waals surface area (Å²) < 4.78 is 15.9. The van der Waals surface area contributed by atoms with Gasteiger partial charge in [-0.15, -0.1) is 0 Å². The highest BCUT2D eigenvalue weighted by Gasteiger charge is 2.17. The van der Waals surface area contributed by atoms with Crippen LogP contribution in [0, 0.1) is 0 Å². The maximum absolute atomic E-state index is 12.3. The van der Waals surface area contributed by atoms with Crippen molar-refractivity contribution in [2.24, 2.45) is 0 Å². The molecule has 0 radical (unpaired) electrons. The van der Waals surface area contributed by atoms with Crippen molar-refractivity contribution in [1.82, 2.24) is 15.3 Å². The number of ether oxygens (including phenoxy) is 3. The van der Waals surface area contributed by atoms with E-state index in [1.165, 1.54) is 27.5 Å². The van der Waals surface area contributed by atoms with Crippen LogP contribution >= 0.6 is 0 Å². The number of nitrogens with zero attached hydrogens (tertiary/aromatic N) is 2. The van der Waals surface area contributed by atoms with E-state index in [0.29, 0.717) is 22.9 Å². The van der Waals surface area contributed by atoms with Crippen molar-refractivity contribution in [2.75, 3.05) is 26.6 Å². The molecule has 0 aliphatic heterocycles. The maximum atomic E-state index is 12.3. The zero-order chi connectivity index (χ0) is 19.3. The van der Waals surface area contributed by atoms with Crippen molar-refractivity contribution in [2.45, 2.75) is 26.3 Å². The van der Waals surface area contributed by atoms with Crippen molar-refractivity contribution in [3.8, 4) is 17.2 Å². The van der Waals surface area contributed by atoms with Crippen molar-refractivity contribution < 1.29 is 19.0 Å². The lowest BCUT2D eigenvalue weighted by Gasteiger charge is -2.20. The first-order valence-corrected chi connectivity index (χ1v) is 8.00. The third-order valence-corrected chi connectivity index (χ3v) is 3.30. The predicted molar refractivity (Wildman–Crippen MR) is 98.6 cm³/mol. The fourth-order valence-electron chi connectivity index (χ4n) is 2.23. The number of methoxy groups -OCH3 is 3. The fourth-order valence-corrected chi connectivity index (χ4v) is 2.23. The highest BCUT2D eigenvalue weighted by molar-refractivity contribution is 5.93. The van der Waals surface area contributed by atoms with E-state index in [9.17, 15) is 4.79 Å². The summed E-state index contributed by atoms with van der Waals surface area (Å²) in [6.07, 6.45) is 1.52. The van der Waals surface area contributed by atoms with Gasteiger partial charge in [-0.25, -0.2) is 9.97 Å². The summed E-state index contributed by atoms with van der Waals surface area (Å²) in [5.74, 6) is 1.49. The number of carbonyl (C=O) groups excluding carboxylic acids is 1. The summed E-state index contributed by atoms with van der Waals surface area (Å²) in [4.78, 5) is 20.7. The second-order valence-corrected chi connectivity index (χ2v) is 6.51. The monoisotopic (exact) mass is 360 g/mol. The van der Waals surface area contributed by atoms with Gasteiger partial charge in [0.25, 0.3) is 5.91 Å². The second-order valence-electron chi connectivity index (χ2n) is 6.51. The van der Waals surface area contributed by atoms with Crippen LogP contribution in [0.2, 0.25) is 0 Å². The van der Waals surface area contributed by atoms with E-state index < -0.39 is 0 Å². The van der Waals surface area contributed by atoms with Crippen LogP contribution in [-0.4, -0.2) is 42.7 Å². The summed E-state index contributed by atoms with van der Waals surface area (Å²) in [5.41, 5.74) is 0.546. The molecule has 8 heteroatoms. The Morgan fingerprint density at radius 2 is 1.65 bits per heavy atom. The zero-order valence-electron chi connectivity index (χ0n) is 15.8. The van der Waals surface area contributed by atoms with Crippen molar-refractivity contribution >= 4 is 17.5 Å². The Labute approximate surface area is 152 Å². The number of hydrogen-bond acceptors (Lipinski definition) is 7. The molecule has 1 aromatic carbocycles. The smallest absolute Gasteiger partial charge is 0.270 e. The average Bonchev–Trinajstić information content (AvgIpc) is 2.59. The molecule has 0 saturated carbocycles. The van der Waals surface area contributed by atoms with E-state index >= 15 is 0 Å². The molecule has 2 aromatic rings. The van der Waals surface area contributed by atoms with E-state index in [-0.39, 0.29) is 23.1 Å². The third-order valence-electron chi connectivity index (χ3n) is 3.30. The van der Waals surface area contributed by atoms with Gasteiger partial charge in [0.15, 0.2) is 11.5 Å². The Bertz CT molecular complexity index is 762. The number of carbonyl (C=O) groups is 1. The van der Waals surface area contributed by atoms with E-state index in [2.05, 4.69) is 20.6 Å². The number of aromatic nitrogens is 2. The largest absolute Gasteiger partial charge is 0.493 e. The minimum Gasteiger partial charge on any atom is -0.493 e. The van der Waals surface area contributed by atoms with Crippen LogP contribution < -0.4 is 24.8 Å². The number of rotatable bonds is 6. The van der Waals surface area contributed by atoms with Gasteiger partial charge < -0.3 is 24.8 Å². The molecule has 0 fully saturated rings. The van der Waals surface area contributed by atoms with Crippen molar-refractivity contribution in [3.05, 3.63) is 30.1 Å².